The molecule has 0 saturated heterocycles. The van der Waals surface area contributed by atoms with Gasteiger partial charge in [-0.2, -0.15) is 25.6 Å². The number of H-pyrrole nitrogens is 4. The van der Waals surface area contributed by atoms with Crippen LogP contribution in [0.2, 0.25) is 0 Å². The molecule has 0 amide bonds. The number of sulfonamides is 2. The van der Waals surface area contributed by atoms with E-state index in [1.54, 1.807) is 24.3 Å². The third-order valence-corrected chi connectivity index (χ3v) is 13.9. The number of pyridine rings is 2. The Labute approximate surface area is 438 Å². The predicted molar refractivity (Wildman–Crippen MR) is 276 cm³/mol. The van der Waals surface area contributed by atoms with Gasteiger partial charge < -0.3 is 41.1 Å². The first-order valence-electron chi connectivity index (χ1n) is 21.9. The summed E-state index contributed by atoms with van der Waals surface area (Å²) < 4.78 is 50.3. The Balaban J connectivity index is 0.000000138. The Hall–Kier alpha value is -9.12. The summed E-state index contributed by atoms with van der Waals surface area (Å²) >= 11 is 0. The Morgan fingerprint density at radius 2 is 0.573 bits per heavy atom. The van der Waals surface area contributed by atoms with E-state index in [0.717, 1.165) is 90.2 Å². The molecular weight excluding hydrogens is 1050 g/mol. The van der Waals surface area contributed by atoms with Crippen LogP contribution in [0.15, 0.2) is 201 Å². The largest absolute Gasteiger partial charge is 2.00 e. The van der Waals surface area contributed by atoms with Crippen molar-refractivity contribution in [2.45, 2.75) is 9.79 Å². The zero-order valence-electron chi connectivity index (χ0n) is 38.9. The normalized spacial score (nSPS) is 13.2. The average molecular weight is 1090 g/mol. The molecule has 2 aliphatic heterocycles. The Morgan fingerprint density at radius 3 is 0.840 bits per heavy atom. The number of nitrogens with one attached hydrogen (secondary N) is 4. The van der Waals surface area contributed by atoms with Gasteiger partial charge >= 0.3 is 19.5 Å². The first kappa shape index (κ1) is 52.2. The van der Waals surface area contributed by atoms with Gasteiger partial charge in [0.25, 0.3) is 20.0 Å². The van der Waals surface area contributed by atoms with E-state index in [-0.39, 0.29) is 51.3 Å². The van der Waals surface area contributed by atoms with Crippen LogP contribution >= 0.6 is 0 Å². The fraction of sp³-hybridized carbons (Fsp3) is 0. The third kappa shape index (κ3) is 10.7. The third-order valence-electron chi connectivity index (χ3n) is 11.2. The number of rotatable bonds is 4. The zero-order valence-corrected chi connectivity index (χ0v) is 43.5. The Kier molecular flexibility index (Phi) is 15.0. The summed E-state index contributed by atoms with van der Waals surface area (Å²) in [6, 6.07) is 55.5. The second kappa shape index (κ2) is 21.5. The molecule has 20 nitrogen and oxygen atoms in total. The van der Waals surface area contributed by atoms with Crippen LogP contribution in [0.5, 0.6) is 0 Å². The average Bonchev–Trinajstić information content (AvgIpc) is 4.27. The number of nitrogens with zero attached hydrogens (tertiary/aromatic N) is 8. The molecule has 23 heteroatoms. The van der Waals surface area contributed by atoms with E-state index in [4.69, 9.17) is 9.97 Å². The van der Waals surface area contributed by atoms with Crippen LogP contribution in [0.3, 0.4) is 0 Å². The van der Waals surface area contributed by atoms with E-state index < -0.39 is 31.8 Å². The van der Waals surface area contributed by atoms with Gasteiger partial charge in [0.1, 0.15) is 22.8 Å². The van der Waals surface area contributed by atoms with E-state index in [9.17, 15) is 27.0 Å². The van der Waals surface area contributed by atoms with E-state index >= 15 is 0 Å². The molecule has 6 aromatic carbocycles. The number of imidazole rings is 4. The van der Waals surface area contributed by atoms with Gasteiger partial charge in [-0.15, -0.1) is 0 Å². The van der Waals surface area contributed by atoms with Gasteiger partial charge in [-0.05, 0) is 84.9 Å². The summed E-state index contributed by atoms with van der Waals surface area (Å²) in [7, 11) is -7.36. The SMILES string of the molecule is O.O.O=S1(=O)N=C([O-])c2ccccc21.O=S1(=O)N=C([O-])c2ccccc21.[Zn+2].c1cc(-c2nc3ccccc3[nH]2)nc(-c2nc3ccccc3[nH]2)c1.c1cc(-c2nc3ccccc3[nH]2)nc(-c2nc3ccccc3[nH]2)c1. The summed E-state index contributed by atoms with van der Waals surface area (Å²) in [6.45, 7) is 0. The fourth-order valence-corrected chi connectivity index (χ4v) is 10.0. The number of aromatic nitrogens is 10. The van der Waals surface area contributed by atoms with E-state index in [1.165, 1.54) is 24.3 Å². The van der Waals surface area contributed by atoms with Crippen LogP contribution in [0.25, 0.3) is 90.2 Å². The van der Waals surface area contributed by atoms with Crippen LogP contribution in [0.1, 0.15) is 11.1 Å². The number of hydrogen-bond acceptors (Lipinski definition) is 12. The first-order valence-corrected chi connectivity index (χ1v) is 24.8. The molecule has 0 atom stereocenters. The van der Waals surface area contributed by atoms with Crippen molar-refractivity contribution in [1.29, 1.82) is 0 Å². The molecule has 8 heterocycles. The molecule has 0 bridgehead atoms. The van der Waals surface area contributed by atoms with Crippen LogP contribution in [0, 0.1) is 0 Å². The molecule has 14 rings (SSSR count). The fourth-order valence-electron chi connectivity index (χ4n) is 7.84. The maximum absolute atomic E-state index is 11.1. The van der Waals surface area contributed by atoms with Crippen molar-refractivity contribution < 1.29 is 57.5 Å². The van der Waals surface area contributed by atoms with Crippen molar-refractivity contribution in [2.75, 3.05) is 0 Å². The van der Waals surface area contributed by atoms with E-state index in [1.807, 2.05) is 133 Å². The summed E-state index contributed by atoms with van der Waals surface area (Å²) in [5.41, 5.74) is 11.3. The molecule has 75 heavy (non-hydrogen) atoms. The molecule has 368 valence electrons. The van der Waals surface area contributed by atoms with Gasteiger partial charge in [-0.25, -0.2) is 29.9 Å². The molecule has 12 aromatic rings. The van der Waals surface area contributed by atoms with E-state index in [2.05, 4.69) is 48.7 Å². The minimum absolute atomic E-state index is 0. The van der Waals surface area contributed by atoms with Crippen LogP contribution in [-0.4, -0.2) is 89.4 Å². The summed E-state index contributed by atoms with van der Waals surface area (Å²) in [5, 5.41) is 21.9. The molecule has 0 saturated carbocycles. The van der Waals surface area contributed by atoms with Crippen molar-refractivity contribution in [3.8, 4) is 46.1 Å². The smallest absolute Gasteiger partial charge is 0.858 e. The van der Waals surface area contributed by atoms with Gasteiger partial charge in [0.2, 0.25) is 0 Å². The van der Waals surface area contributed by atoms with Crippen molar-refractivity contribution in [3.05, 3.63) is 193 Å². The topological polar surface area (TPSA) is 343 Å². The minimum atomic E-state index is -3.68. The number of fused-ring (bicyclic) bond motifs is 6. The van der Waals surface area contributed by atoms with Crippen molar-refractivity contribution in [3.63, 3.8) is 0 Å². The molecule has 0 radical (unpaired) electrons. The van der Waals surface area contributed by atoms with Gasteiger partial charge in [0.05, 0.1) is 53.9 Å². The van der Waals surface area contributed by atoms with Crippen LogP contribution in [0.4, 0.5) is 0 Å². The van der Waals surface area contributed by atoms with Gasteiger partial charge in [-0.1, -0.05) is 97.1 Å². The summed E-state index contributed by atoms with van der Waals surface area (Å²) in [5.74, 6) is 1.68. The maximum atomic E-state index is 11.1. The van der Waals surface area contributed by atoms with Crippen molar-refractivity contribution in [1.82, 2.24) is 49.8 Å². The van der Waals surface area contributed by atoms with Crippen LogP contribution in [-0.2, 0) is 39.5 Å². The molecule has 0 unspecified atom stereocenters. The number of aromatic amines is 4. The standard InChI is InChI=1S/2C19H13N5.2C7H5NO3S.2H2O.Zn/c2*1-2-7-13-12(6-1)21-18(22-13)16-10-5-11-17(20-16)19-23-14-8-3-4-9-15(14)24-19;2*9-7-5-3-1-2-4-6(5)12(10,11)8-7;;;/h2*1-11H,(H,21,22)(H,23,24);2*1-4H,(H,8,9);2*1H2;/q;;;;;;+2/p-2. The zero-order chi connectivity index (χ0) is 49.4. The van der Waals surface area contributed by atoms with Crippen molar-refractivity contribution >= 4 is 76.0 Å². The van der Waals surface area contributed by atoms with Crippen LogP contribution < -0.4 is 10.2 Å². The molecule has 0 spiro atoms. The first-order chi connectivity index (χ1) is 35.0. The molecule has 2 aliphatic rings. The van der Waals surface area contributed by atoms with E-state index in [0.29, 0.717) is 0 Å². The summed E-state index contributed by atoms with van der Waals surface area (Å²) in [4.78, 5) is 41.2. The maximum Gasteiger partial charge on any atom is 2.00 e. The van der Waals surface area contributed by atoms with Gasteiger partial charge in [0.15, 0.2) is 23.3 Å². The van der Waals surface area contributed by atoms with Gasteiger partial charge in [0, 0.05) is 22.9 Å². The minimum Gasteiger partial charge on any atom is -0.858 e. The number of benzene rings is 6. The summed E-state index contributed by atoms with van der Waals surface area (Å²) in [6.07, 6.45) is 0. The monoisotopic (exact) mass is 1090 g/mol. The quantitative estimate of drug-likeness (QED) is 0.155. The van der Waals surface area contributed by atoms with Gasteiger partial charge in [-0.3, -0.25) is 0 Å². The Bertz CT molecular complexity index is 3760. The molecule has 0 aliphatic carbocycles. The molecular formula is C52H38N12O8S2Zn. The number of hydrogen-bond donors (Lipinski definition) is 4. The number of para-hydroxylation sites is 8. The predicted octanol–water partition coefficient (Wildman–Crippen LogP) is 5.68. The molecule has 0 fully saturated rings. The Morgan fingerprint density at radius 1 is 0.320 bits per heavy atom. The second-order valence-corrected chi connectivity index (χ2v) is 19.1. The van der Waals surface area contributed by atoms with Crippen molar-refractivity contribution in [2.24, 2.45) is 8.80 Å². The second-order valence-electron chi connectivity index (χ2n) is 16.0. The molecule has 8 N–H and O–H groups in total. The molecule has 6 aromatic heterocycles.